The molecule has 2 rings (SSSR count). The molecule has 1 aromatic rings. The summed E-state index contributed by atoms with van der Waals surface area (Å²) in [4.78, 5) is 10.9. The Labute approximate surface area is 134 Å². The third-order valence-electron chi connectivity index (χ3n) is 3.76. The Balaban J connectivity index is 1.65. The van der Waals surface area contributed by atoms with Crippen molar-refractivity contribution in [2.24, 2.45) is 5.92 Å². The third-order valence-corrected chi connectivity index (χ3v) is 4.29. The van der Waals surface area contributed by atoms with Crippen LogP contribution in [0, 0.1) is 5.92 Å². The molecule has 0 saturated heterocycles. The number of carboxylic acid groups (broad SMARTS) is 1. The molecule has 1 aliphatic carbocycles. The molecule has 0 heterocycles. The second-order valence-corrected chi connectivity index (χ2v) is 6.11. The molecular formula is C15H19Cl2NO3. The number of hydrogen-bond acceptors (Lipinski definition) is 3. The van der Waals surface area contributed by atoms with Gasteiger partial charge >= 0.3 is 5.97 Å². The molecule has 0 aromatic heterocycles. The van der Waals surface area contributed by atoms with Crippen molar-refractivity contribution in [3.8, 4) is 5.75 Å². The highest BCUT2D eigenvalue weighted by molar-refractivity contribution is 6.35. The molecule has 1 saturated carbocycles. The fourth-order valence-corrected chi connectivity index (χ4v) is 3.02. The van der Waals surface area contributed by atoms with Crippen LogP contribution in [0.5, 0.6) is 5.75 Å². The summed E-state index contributed by atoms with van der Waals surface area (Å²) in [7, 11) is 0. The highest BCUT2D eigenvalue weighted by Crippen LogP contribution is 2.27. The quantitative estimate of drug-likeness (QED) is 0.782. The molecule has 1 fully saturated rings. The minimum Gasteiger partial charge on any atom is -0.491 e. The number of ether oxygens (including phenoxy) is 1. The molecule has 116 valence electrons. The molecule has 6 heteroatoms. The standard InChI is InChI=1S/C15H19Cl2NO3/c16-11-3-6-14(13(17)9-11)21-8-7-18-12-4-1-10(2-5-12)15(19)20/h3,6,9-10,12,18H,1-2,4-5,7-8H2,(H,19,20). The van der Waals surface area contributed by atoms with Gasteiger partial charge in [-0.05, 0) is 43.9 Å². The van der Waals surface area contributed by atoms with Crippen LogP contribution < -0.4 is 10.1 Å². The topological polar surface area (TPSA) is 58.6 Å². The number of rotatable bonds is 6. The molecular weight excluding hydrogens is 313 g/mol. The van der Waals surface area contributed by atoms with Crippen LogP contribution >= 0.6 is 23.2 Å². The summed E-state index contributed by atoms with van der Waals surface area (Å²) in [5, 5.41) is 13.4. The van der Waals surface area contributed by atoms with Gasteiger partial charge in [0.25, 0.3) is 0 Å². The van der Waals surface area contributed by atoms with Gasteiger partial charge in [0, 0.05) is 17.6 Å². The van der Waals surface area contributed by atoms with Gasteiger partial charge in [-0.2, -0.15) is 0 Å². The minimum atomic E-state index is -0.672. The molecule has 2 N–H and O–H groups in total. The Kier molecular flexibility index (Phi) is 6.15. The minimum absolute atomic E-state index is 0.174. The second-order valence-electron chi connectivity index (χ2n) is 5.26. The van der Waals surface area contributed by atoms with Crippen LogP contribution in [-0.2, 0) is 4.79 Å². The number of aliphatic carboxylic acids is 1. The Hall–Kier alpha value is -0.970. The van der Waals surface area contributed by atoms with Gasteiger partial charge in [-0.25, -0.2) is 0 Å². The van der Waals surface area contributed by atoms with Crippen molar-refractivity contribution in [2.45, 2.75) is 31.7 Å². The first-order valence-corrected chi connectivity index (χ1v) is 7.86. The normalized spacial score (nSPS) is 22.0. The summed E-state index contributed by atoms with van der Waals surface area (Å²) in [6.07, 6.45) is 3.30. The number of halogens is 2. The molecule has 0 amide bonds. The van der Waals surface area contributed by atoms with Crippen molar-refractivity contribution in [1.82, 2.24) is 5.32 Å². The number of carboxylic acids is 1. The maximum absolute atomic E-state index is 10.9. The predicted molar refractivity (Wildman–Crippen MR) is 83.3 cm³/mol. The van der Waals surface area contributed by atoms with Gasteiger partial charge in [-0.15, -0.1) is 0 Å². The lowest BCUT2D eigenvalue weighted by atomic mass is 9.86. The van der Waals surface area contributed by atoms with Gasteiger partial charge in [0.1, 0.15) is 12.4 Å². The molecule has 4 nitrogen and oxygen atoms in total. The van der Waals surface area contributed by atoms with E-state index in [0.29, 0.717) is 35.0 Å². The van der Waals surface area contributed by atoms with Crippen molar-refractivity contribution in [2.75, 3.05) is 13.2 Å². The Morgan fingerprint density at radius 2 is 2.00 bits per heavy atom. The van der Waals surface area contributed by atoms with E-state index in [9.17, 15) is 4.79 Å². The second kappa shape index (κ2) is 7.87. The van der Waals surface area contributed by atoms with Crippen molar-refractivity contribution in [3.05, 3.63) is 28.2 Å². The largest absolute Gasteiger partial charge is 0.491 e. The van der Waals surface area contributed by atoms with Crippen LogP contribution in [0.15, 0.2) is 18.2 Å². The van der Waals surface area contributed by atoms with Crippen molar-refractivity contribution >= 4 is 29.2 Å². The maximum Gasteiger partial charge on any atom is 0.306 e. The van der Waals surface area contributed by atoms with E-state index in [1.165, 1.54) is 0 Å². The highest BCUT2D eigenvalue weighted by Gasteiger charge is 2.25. The van der Waals surface area contributed by atoms with Crippen LogP contribution in [0.1, 0.15) is 25.7 Å². The SMILES string of the molecule is O=C(O)C1CCC(NCCOc2ccc(Cl)cc2Cl)CC1. The average Bonchev–Trinajstić information content (AvgIpc) is 2.46. The molecule has 0 atom stereocenters. The zero-order chi connectivity index (χ0) is 15.2. The van der Waals surface area contributed by atoms with Gasteiger partial charge in [0.2, 0.25) is 0 Å². The van der Waals surface area contributed by atoms with E-state index in [4.69, 9.17) is 33.0 Å². The smallest absolute Gasteiger partial charge is 0.306 e. The maximum atomic E-state index is 10.9. The molecule has 1 aromatic carbocycles. The predicted octanol–water partition coefficient (Wildman–Crippen LogP) is 3.61. The fraction of sp³-hybridized carbons (Fsp3) is 0.533. The Morgan fingerprint density at radius 3 is 2.62 bits per heavy atom. The summed E-state index contributed by atoms with van der Waals surface area (Å²) < 4.78 is 5.59. The van der Waals surface area contributed by atoms with Crippen molar-refractivity contribution < 1.29 is 14.6 Å². The number of benzene rings is 1. The molecule has 0 unspecified atom stereocenters. The number of nitrogens with one attached hydrogen (secondary N) is 1. The van der Waals surface area contributed by atoms with Gasteiger partial charge < -0.3 is 15.2 Å². The summed E-state index contributed by atoms with van der Waals surface area (Å²) >= 11 is 11.8. The van der Waals surface area contributed by atoms with E-state index in [-0.39, 0.29) is 5.92 Å². The Morgan fingerprint density at radius 1 is 1.29 bits per heavy atom. The van der Waals surface area contributed by atoms with Crippen LogP contribution in [0.4, 0.5) is 0 Å². The molecule has 0 bridgehead atoms. The lowest BCUT2D eigenvalue weighted by molar-refractivity contribution is -0.142. The lowest BCUT2D eigenvalue weighted by Crippen LogP contribution is -2.37. The lowest BCUT2D eigenvalue weighted by Gasteiger charge is -2.26. The first-order chi connectivity index (χ1) is 10.1. The van der Waals surface area contributed by atoms with Crippen LogP contribution in [0.2, 0.25) is 10.0 Å². The van der Waals surface area contributed by atoms with Crippen molar-refractivity contribution in [3.63, 3.8) is 0 Å². The zero-order valence-corrected chi connectivity index (χ0v) is 13.2. The highest BCUT2D eigenvalue weighted by atomic mass is 35.5. The summed E-state index contributed by atoms with van der Waals surface area (Å²) in [5.74, 6) is -0.223. The van der Waals surface area contributed by atoms with E-state index in [1.807, 2.05) is 0 Å². The van der Waals surface area contributed by atoms with Crippen molar-refractivity contribution in [1.29, 1.82) is 0 Å². The van der Waals surface area contributed by atoms with Crippen LogP contribution in [0.3, 0.4) is 0 Å². The van der Waals surface area contributed by atoms with E-state index in [0.717, 1.165) is 25.7 Å². The molecule has 0 aliphatic heterocycles. The molecule has 0 spiro atoms. The van der Waals surface area contributed by atoms with Crippen LogP contribution in [-0.4, -0.2) is 30.3 Å². The van der Waals surface area contributed by atoms with Gasteiger partial charge in [-0.3, -0.25) is 4.79 Å². The number of carbonyl (C=O) groups is 1. The average molecular weight is 332 g/mol. The number of hydrogen-bond donors (Lipinski definition) is 2. The van der Waals surface area contributed by atoms with E-state index >= 15 is 0 Å². The molecule has 21 heavy (non-hydrogen) atoms. The first kappa shape index (κ1) is 16.4. The molecule has 1 aliphatic rings. The monoisotopic (exact) mass is 331 g/mol. The van der Waals surface area contributed by atoms with Gasteiger partial charge in [0.05, 0.1) is 10.9 Å². The summed E-state index contributed by atoms with van der Waals surface area (Å²) in [5.41, 5.74) is 0. The Bertz CT molecular complexity index is 488. The van der Waals surface area contributed by atoms with E-state index in [2.05, 4.69) is 5.32 Å². The third kappa shape index (κ3) is 5.06. The summed E-state index contributed by atoms with van der Waals surface area (Å²) in [6.45, 7) is 1.22. The first-order valence-electron chi connectivity index (χ1n) is 7.10. The van der Waals surface area contributed by atoms with E-state index in [1.54, 1.807) is 18.2 Å². The zero-order valence-electron chi connectivity index (χ0n) is 11.6. The van der Waals surface area contributed by atoms with E-state index < -0.39 is 5.97 Å². The summed E-state index contributed by atoms with van der Waals surface area (Å²) in [6, 6.07) is 5.52. The van der Waals surface area contributed by atoms with Gasteiger partial charge in [-0.1, -0.05) is 23.2 Å². The van der Waals surface area contributed by atoms with Gasteiger partial charge in [0.15, 0.2) is 0 Å². The molecule has 0 radical (unpaired) electrons. The fourth-order valence-electron chi connectivity index (χ4n) is 2.56. The van der Waals surface area contributed by atoms with Crippen LogP contribution in [0.25, 0.3) is 0 Å².